The number of carbonyl (C=O) groups excluding carboxylic acids is 1. The Labute approximate surface area is 119 Å². The van der Waals surface area contributed by atoms with E-state index in [1.807, 2.05) is 18.2 Å². The Balaban J connectivity index is 1.94. The summed E-state index contributed by atoms with van der Waals surface area (Å²) in [4.78, 5) is 21.5. The lowest BCUT2D eigenvalue weighted by Crippen LogP contribution is -2.37. The minimum absolute atomic E-state index is 0.0511. The number of urea groups is 1. The first-order chi connectivity index (χ1) is 9.68. The van der Waals surface area contributed by atoms with Crippen LogP contribution in [-0.2, 0) is 11.2 Å². The molecule has 0 bridgehead atoms. The average Bonchev–Trinajstić information content (AvgIpc) is 2.43. The molecule has 0 aromatic heterocycles. The molecule has 0 saturated carbocycles. The minimum atomic E-state index is -0.911. The van der Waals surface area contributed by atoms with Gasteiger partial charge in [0.1, 0.15) is 0 Å². The average molecular weight is 278 g/mol. The van der Waals surface area contributed by atoms with Crippen LogP contribution in [0.2, 0.25) is 0 Å². The van der Waals surface area contributed by atoms with Crippen molar-refractivity contribution in [3.63, 3.8) is 0 Å². The zero-order valence-electron chi connectivity index (χ0n) is 11.6. The molecule has 0 aliphatic heterocycles. The van der Waals surface area contributed by atoms with Crippen molar-refractivity contribution in [2.75, 3.05) is 13.1 Å². The third-order valence-corrected chi connectivity index (χ3v) is 2.90. The Morgan fingerprint density at radius 2 is 1.65 bits per heavy atom. The van der Waals surface area contributed by atoms with E-state index in [2.05, 4.69) is 22.8 Å². The summed E-state index contributed by atoms with van der Waals surface area (Å²) >= 11 is 0. The third-order valence-electron chi connectivity index (χ3n) is 2.90. The SMILES string of the molecule is O=C(O)CCNC(=O)NCCCCCc1ccccc1. The Morgan fingerprint density at radius 1 is 0.950 bits per heavy atom. The van der Waals surface area contributed by atoms with Crippen molar-refractivity contribution in [2.45, 2.75) is 32.1 Å². The van der Waals surface area contributed by atoms with Gasteiger partial charge in [-0.1, -0.05) is 36.8 Å². The van der Waals surface area contributed by atoms with Gasteiger partial charge < -0.3 is 15.7 Å². The summed E-state index contributed by atoms with van der Waals surface area (Å²) in [7, 11) is 0. The summed E-state index contributed by atoms with van der Waals surface area (Å²) in [6.07, 6.45) is 4.10. The summed E-state index contributed by atoms with van der Waals surface area (Å²) in [5.41, 5.74) is 1.34. The van der Waals surface area contributed by atoms with Crippen molar-refractivity contribution < 1.29 is 14.7 Å². The van der Waals surface area contributed by atoms with Crippen LogP contribution in [0.1, 0.15) is 31.2 Å². The fraction of sp³-hybridized carbons (Fsp3) is 0.467. The molecule has 3 N–H and O–H groups in total. The van der Waals surface area contributed by atoms with Crippen molar-refractivity contribution in [2.24, 2.45) is 0 Å². The van der Waals surface area contributed by atoms with Gasteiger partial charge in [0, 0.05) is 13.1 Å². The topological polar surface area (TPSA) is 78.4 Å². The lowest BCUT2D eigenvalue weighted by atomic mass is 10.1. The summed E-state index contributed by atoms with van der Waals surface area (Å²) in [5, 5.41) is 13.6. The Bertz CT molecular complexity index is 407. The van der Waals surface area contributed by atoms with E-state index in [9.17, 15) is 9.59 Å². The van der Waals surface area contributed by atoms with Crippen LogP contribution in [0.3, 0.4) is 0 Å². The zero-order chi connectivity index (χ0) is 14.6. The normalized spacial score (nSPS) is 10.0. The van der Waals surface area contributed by atoms with Crippen LogP contribution < -0.4 is 10.6 Å². The summed E-state index contributed by atoms with van der Waals surface area (Å²) in [6, 6.07) is 10.0. The number of hydrogen-bond acceptors (Lipinski definition) is 2. The molecule has 5 nitrogen and oxygen atoms in total. The molecule has 20 heavy (non-hydrogen) atoms. The van der Waals surface area contributed by atoms with Crippen LogP contribution in [-0.4, -0.2) is 30.2 Å². The summed E-state index contributed by atoms with van der Waals surface area (Å²) in [5.74, 6) is -0.911. The molecule has 1 aromatic carbocycles. The first-order valence-electron chi connectivity index (χ1n) is 6.96. The highest BCUT2D eigenvalue weighted by molar-refractivity contribution is 5.74. The highest BCUT2D eigenvalue weighted by Gasteiger charge is 2.01. The summed E-state index contributed by atoms with van der Waals surface area (Å²) < 4.78 is 0. The first kappa shape index (κ1) is 16.0. The first-order valence-corrected chi connectivity index (χ1v) is 6.96. The molecule has 0 saturated heterocycles. The number of amides is 2. The molecule has 1 rings (SSSR count). The third kappa shape index (κ3) is 8.13. The van der Waals surface area contributed by atoms with E-state index in [4.69, 9.17) is 5.11 Å². The number of benzene rings is 1. The molecule has 0 fully saturated rings. The molecule has 2 amide bonds. The van der Waals surface area contributed by atoms with Crippen LogP contribution in [0, 0.1) is 0 Å². The van der Waals surface area contributed by atoms with Gasteiger partial charge in [0.15, 0.2) is 0 Å². The second-order valence-corrected chi connectivity index (χ2v) is 4.62. The van der Waals surface area contributed by atoms with E-state index < -0.39 is 5.97 Å². The smallest absolute Gasteiger partial charge is 0.314 e. The fourth-order valence-corrected chi connectivity index (χ4v) is 1.82. The van der Waals surface area contributed by atoms with Crippen molar-refractivity contribution in [3.8, 4) is 0 Å². The molecule has 1 aromatic rings. The van der Waals surface area contributed by atoms with E-state index in [1.165, 1.54) is 5.56 Å². The predicted octanol–water partition coefficient (Wildman–Crippen LogP) is 2.17. The number of aliphatic carboxylic acids is 1. The van der Waals surface area contributed by atoms with Gasteiger partial charge in [-0.05, 0) is 24.8 Å². The van der Waals surface area contributed by atoms with Crippen LogP contribution in [0.5, 0.6) is 0 Å². The van der Waals surface area contributed by atoms with E-state index >= 15 is 0 Å². The predicted molar refractivity (Wildman–Crippen MR) is 77.7 cm³/mol. The van der Waals surface area contributed by atoms with E-state index in [0.29, 0.717) is 6.54 Å². The minimum Gasteiger partial charge on any atom is -0.481 e. The summed E-state index contributed by atoms with van der Waals surface area (Å²) in [6.45, 7) is 0.781. The van der Waals surface area contributed by atoms with Crippen LogP contribution in [0.25, 0.3) is 0 Å². The van der Waals surface area contributed by atoms with Gasteiger partial charge in [-0.3, -0.25) is 4.79 Å². The van der Waals surface area contributed by atoms with Gasteiger partial charge in [0.2, 0.25) is 0 Å². The van der Waals surface area contributed by atoms with Gasteiger partial charge in [0.25, 0.3) is 0 Å². The number of carbonyl (C=O) groups is 2. The number of rotatable bonds is 9. The molecule has 0 unspecified atom stereocenters. The number of hydrogen-bond donors (Lipinski definition) is 3. The van der Waals surface area contributed by atoms with Gasteiger partial charge in [-0.2, -0.15) is 0 Å². The van der Waals surface area contributed by atoms with Gasteiger partial charge in [0.05, 0.1) is 6.42 Å². The number of carboxylic acids is 1. The van der Waals surface area contributed by atoms with Crippen molar-refractivity contribution in [1.82, 2.24) is 10.6 Å². The molecule has 0 radical (unpaired) electrons. The molecule has 0 spiro atoms. The monoisotopic (exact) mass is 278 g/mol. The van der Waals surface area contributed by atoms with Crippen LogP contribution >= 0.6 is 0 Å². The van der Waals surface area contributed by atoms with Crippen molar-refractivity contribution in [1.29, 1.82) is 0 Å². The van der Waals surface area contributed by atoms with E-state index in [1.54, 1.807) is 0 Å². The van der Waals surface area contributed by atoms with Gasteiger partial charge in [-0.15, -0.1) is 0 Å². The maximum Gasteiger partial charge on any atom is 0.314 e. The molecule has 5 heteroatoms. The second kappa shape index (κ2) is 9.83. The molecule has 0 heterocycles. The highest BCUT2D eigenvalue weighted by atomic mass is 16.4. The largest absolute Gasteiger partial charge is 0.481 e. The van der Waals surface area contributed by atoms with E-state index in [-0.39, 0.29) is 19.0 Å². The maximum absolute atomic E-state index is 11.3. The Hall–Kier alpha value is -2.04. The van der Waals surface area contributed by atoms with Crippen LogP contribution in [0.4, 0.5) is 4.79 Å². The highest BCUT2D eigenvalue weighted by Crippen LogP contribution is 2.05. The lowest BCUT2D eigenvalue weighted by Gasteiger charge is -2.06. The van der Waals surface area contributed by atoms with Crippen LogP contribution in [0.15, 0.2) is 30.3 Å². The lowest BCUT2D eigenvalue weighted by molar-refractivity contribution is -0.136. The zero-order valence-corrected chi connectivity index (χ0v) is 11.6. The van der Waals surface area contributed by atoms with Gasteiger partial charge >= 0.3 is 12.0 Å². The standard InChI is InChI=1S/C15H22N2O3/c18-14(19)10-12-17-15(20)16-11-6-2-5-9-13-7-3-1-4-8-13/h1,3-4,7-8H,2,5-6,9-12H2,(H,18,19)(H2,16,17,20). The Morgan fingerprint density at radius 3 is 2.35 bits per heavy atom. The Kier molecular flexibility index (Phi) is 7.87. The fourth-order valence-electron chi connectivity index (χ4n) is 1.82. The van der Waals surface area contributed by atoms with E-state index in [0.717, 1.165) is 25.7 Å². The number of aryl methyl sites for hydroxylation is 1. The van der Waals surface area contributed by atoms with Crippen molar-refractivity contribution >= 4 is 12.0 Å². The van der Waals surface area contributed by atoms with Crippen molar-refractivity contribution in [3.05, 3.63) is 35.9 Å². The quantitative estimate of drug-likeness (QED) is 0.606. The molecule has 110 valence electrons. The molecule has 0 atom stereocenters. The second-order valence-electron chi connectivity index (χ2n) is 4.62. The number of carboxylic acid groups (broad SMARTS) is 1. The van der Waals surface area contributed by atoms with Gasteiger partial charge in [-0.25, -0.2) is 4.79 Å². The maximum atomic E-state index is 11.3. The molecular formula is C15H22N2O3. The molecular weight excluding hydrogens is 256 g/mol. The molecule has 0 aliphatic carbocycles. The number of unbranched alkanes of at least 4 members (excludes halogenated alkanes) is 2. The number of nitrogens with one attached hydrogen (secondary N) is 2. The molecule has 0 aliphatic rings.